The van der Waals surface area contributed by atoms with Crippen LogP contribution in [0, 0.1) is 0 Å². The number of benzene rings is 3. The summed E-state index contributed by atoms with van der Waals surface area (Å²) in [6.07, 6.45) is 4.06. The van der Waals surface area contributed by atoms with Crippen LogP contribution < -0.4 is 15.9 Å². The van der Waals surface area contributed by atoms with Gasteiger partial charge < -0.3 is 0 Å². The van der Waals surface area contributed by atoms with Crippen LogP contribution in [0.25, 0.3) is 0 Å². The van der Waals surface area contributed by atoms with Crippen molar-refractivity contribution < 1.29 is 27.2 Å². The van der Waals surface area contributed by atoms with Crippen LogP contribution in [0.15, 0.2) is 91.0 Å². The van der Waals surface area contributed by atoms with Crippen LogP contribution in [0.4, 0.5) is 0 Å². The molecule has 3 aromatic rings. The van der Waals surface area contributed by atoms with Crippen molar-refractivity contribution in [2.75, 3.05) is 0 Å². The third kappa shape index (κ3) is 7.27. The van der Waals surface area contributed by atoms with Crippen molar-refractivity contribution in [2.24, 2.45) is 0 Å². The fourth-order valence-electron chi connectivity index (χ4n) is 3.30. The zero-order chi connectivity index (χ0) is 18.9. The van der Waals surface area contributed by atoms with Gasteiger partial charge in [0.1, 0.15) is 15.9 Å². The van der Waals surface area contributed by atoms with Crippen molar-refractivity contribution in [2.45, 2.75) is 29.6 Å². The van der Waals surface area contributed by atoms with Crippen LogP contribution in [0.5, 0.6) is 0 Å². The maximum absolute atomic E-state index is 10.7. The first-order valence-corrected chi connectivity index (χ1v) is 12.3. The second kappa shape index (κ2) is 12.8. The molecule has 1 unspecified atom stereocenters. The van der Waals surface area contributed by atoms with E-state index in [0.29, 0.717) is 9.75 Å². The van der Waals surface area contributed by atoms with Crippen molar-refractivity contribution in [3.05, 3.63) is 91.0 Å². The number of carbonyl (C=O) groups excluding carboxylic acids is 1. The third-order valence-electron chi connectivity index (χ3n) is 4.62. The summed E-state index contributed by atoms with van der Waals surface area (Å²) >= 11 is 2.08. The molecule has 28 heavy (non-hydrogen) atoms. The van der Waals surface area contributed by atoms with Gasteiger partial charge in [-0.25, -0.2) is 0 Å². The molecular formula is C24H25AuOPTe+. The predicted molar refractivity (Wildman–Crippen MR) is 120 cm³/mol. The van der Waals surface area contributed by atoms with E-state index in [0.717, 1.165) is 19.3 Å². The van der Waals surface area contributed by atoms with Crippen molar-refractivity contribution in [1.82, 2.24) is 0 Å². The molecule has 0 N–H and O–H groups in total. The summed E-state index contributed by atoms with van der Waals surface area (Å²) in [5.41, 5.74) is 0. The van der Waals surface area contributed by atoms with Crippen molar-refractivity contribution in [1.29, 1.82) is 0 Å². The van der Waals surface area contributed by atoms with Crippen molar-refractivity contribution in [3.63, 3.8) is 0 Å². The zero-order valence-corrected chi connectivity index (χ0v) is 21.2. The van der Waals surface area contributed by atoms with Gasteiger partial charge in [0.2, 0.25) is 0 Å². The largest absolute Gasteiger partial charge is 0.102 e. The maximum Gasteiger partial charge on any atom is 0.102 e. The molecule has 0 spiro atoms. The Hall–Kier alpha value is -0.710. The van der Waals surface area contributed by atoms with E-state index in [-0.39, 0.29) is 22.4 Å². The van der Waals surface area contributed by atoms with E-state index in [4.69, 9.17) is 0 Å². The number of hydrogen-bond acceptors (Lipinski definition) is 1. The van der Waals surface area contributed by atoms with Gasteiger partial charge in [0.05, 0.1) is 7.92 Å². The molecule has 4 rings (SSSR count). The third-order valence-corrected chi connectivity index (χ3v) is 8.50. The van der Waals surface area contributed by atoms with E-state index in [1.807, 2.05) is 0 Å². The Morgan fingerprint density at radius 2 is 1.11 bits per heavy atom. The molecule has 1 saturated carbocycles. The molecule has 2 radical (unpaired) electrons. The number of carbonyl (C=O) groups is 1. The molecule has 1 atom stereocenters. The Kier molecular flexibility index (Phi) is 10.7. The second-order valence-corrected chi connectivity index (χ2v) is 11.1. The minimum atomic E-state index is -0.877. The Bertz CT molecular complexity index is 733. The minimum Gasteiger partial charge on any atom is -0.0620 e. The van der Waals surface area contributed by atoms with Crippen LogP contribution in [0.1, 0.15) is 25.7 Å². The van der Waals surface area contributed by atoms with Gasteiger partial charge in [0, 0.05) is 22.4 Å². The number of hydrogen-bond donors (Lipinski definition) is 0. The topological polar surface area (TPSA) is 17.1 Å². The first kappa shape index (κ1) is 23.6. The van der Waals surface area contributed by atoms with Gasteiger partial charge in [-0.05, 0) is 36.4 Å². The van der Waals surface area contributed by atoms with E-state index < -0.39 is 7.92 Å². The molecular weight excluding hydrogens is 660 g/mol. The van der Waals surface area contributed by atoms with Gasteiger partial charge in [-0.2, -0.15) is 0 Å². The van der Waals surface area contributed by atoms with Gasteiger partial charge in [-0.15, -0.1) is 0 Å². The summed E-state index contributed by atoms with van der Waals surface area (Å²) in [5.74, 6) is 0.464. The Labute approximate surface area is 198 Å². The standard InChI is InChI=1S/C18H15P.C6H9OTe.Au/c1-4-10-16(11-5-1)19(17-12-6-2-7-13-17)18-14-8-3-9-15-18;7-5-2-1-3-6(8)4-5;/h1-15H;6H,1-4H2;/p+1. The molecule has 3 aromatic carbocycles. The minimum absolute atomic E-state index is 0. The van der Waals surface area contributed by atoms with Crippen LogP contribution in [0.2, 0.25) is 3.97 Å². The van der Waals surface area contributed by atoms with Crippen LogP contribution >= 0.6 is 7.92 Å². The first-order chi connectivity index (χ1) is 13.2. The predicted octanol–water partition coefficient (Wildman–Crippen LogP) is 4.26. The molecule has 0 aliphatic heterocycles. The molecule has 1 aliphatic carbocycles. The van der Waals surface area contributed by atoms with Crippen molar-refractivity contribution >= 4 is 51.9 Å². The van der Waals surface area contributed by atoms with E-state index in [1.165, 1.54) is 22.3 Å². The molecule has 0 amide bonds. The van der Waals surface area contributed by atoms with Gasteiger partial charge in [0.15, 0.2) is 0 Å². The van der Waals surface area contributed by atoms with Gasteiger partial charge in [-0.1, -0.05) is 54.6 Å². The van der Waals surface area contributed by atoms with Crippen LogP contribution in [0.3, 0.4) is 0 Å². The summed E-state index contributed by atoms with van der Waals surface area (Å²) in [6.45, 7) is 0. The van der Waals surface area contributed by atoms with E-state index in [9.17, 15) is 4.79 Å². The Balaban J connectivity index is 0.000000264. The summed E-state index contributed by atoms with van der Waals surface area (Å²) in [7, 11) is -0.877. The second-order valence-electron chi connectivity index (χ2n) is 6.73. The van der Waals surface area contributed by atoms with Crippen LogP contribution in [-0.4, -0.2) is 28.1 Å². The summed E-state index contributed by atoms with van der Waals surface area (Å²) in [4.78, 5) is 10.7. The van der Waals surface area contributed by atoms with E-state index in [1.54, 1.807) is 0 Å². The smallest absolute Gasteiger partial charge is 0.0620 e. The first-order valence-electron chi connectivity index (χ1n) is 9.45. The summed E-state index contributed by atoms with van der Waals surface area (Å²) in [5, 5.41) is 4.31. The maximum atomic E-state index is 10.7. The number of rotatable bonds is 3. The summed E-state index contributed by atoms with van der Waals surface area (Å²) < 4.78 is 0.673. The Morgan fingerprint density at radius 3 is 1.39 bits per heavy atom. The normalized spacial score (nSPS) is 15.9. The average Bonchev–Trinajstić information content (AvgIpc) is 2.71. The van der Waals surface area contributed by atoms with Crippen LogP contribution in [-0.2, 0) is 27.2 Å². The van der Waals surface area contributed by atoms with Crippen molar-refractivity contribution in [3.8, 4) is 0 Å². The molecule has 1 aliphatic rings. The quantitative estimate of drug-likeness (QED) is 0.298. The monoisotopic (exact) mass is 687 g/mol. The molecule has 4 heteroatoms. The molecule has 1 fully saturated rings. The molecule has 0 heterocycles. The number of ketones is 1. The molecule has 0 bridgehead atoms. The van der Waals surface area contributed by atoms with E-state index >= 15 is 0 Å². The van der Waals surface area contributed by atoms with Gasteiger partial charge in [0.25, 0.3) is 0 Å². The molecule has 0 saturated heterocycles. The van der Waals surface area contributed by atoms with E-state index in [2.05, 4.69) is 113 Å². The SMILES string of the molecule is O=C1CCCC([Te])C1.[Au].c1ccc([PH+](c2ccccc2)c2ccccc2)cc1. The van der Waals surface area contributed by atoms with Gasteiger partial charge >= 0.3 is 62.5 Å². The summed E-state index contributed by atoms with van der Waals surface area (Å²) in [6, 6.07) is 32.5. The molecule has 148 valence electrons. The fraction of sp³-hybridized carbons (Fsp3) is 0.208. The zero-order valence-electron chi connectivity index (χ0n) is 15.7. The Morgan fingerprint density at radius 1 is 0.714 bits per heavy atom. The molecule has 1 nitrogen and oxygen atoms in total. The fourth-order valence-corrected chi connectivity index (χ4v) is 6.88. The average molecular weight is 685 g/mol. The molecule has 0 aromatic heterocycles. The van der Waals surface area contributed by atoms with Gasteiger partial charge in [-0.3, -0.25) is 0 Å². The number of Topliss-reactive ketones (excluding diaryl/α,β-unsaturated/α-hetero) is 1.